The number of nitrogens with one attached hydrogen (secondary N) is 4. The molecule has 3 aromatic rings. The minimum absolute atomic E-state index is 0.125. The lowest BCUT2D eigenvalue weighted by Gasteiger charge is -2.23. The van der Waals surface area contributed by atoms with Crippen molar-refractivity contribution in [3.8, 4) is 22.6 Å². The van der Waals surface area contributed by atoms with Gasteiger partial charge in [-0.3, -0.25) is 14.6 Å². The average Bonchev–Trinajstić information content (AvgIpc) is 3.17. The summed E-state index contributed by atoms with van der Waals surface area (Å²) in [5.41, 5.74) is 2.43. The van der Waals surface area contributed by atoms with E-state index in [2.05, 4.69) is 30.9 Å². The third-order valence-corrected chi connectivity index (χ3v) is 4.49. The number of amides is 2. The van der Waals surface area contributed by atoms with Crippen molar-refractivity contribution in [3.05, 3.63) is 60.3 Å². The van der Waals surface area contributed by atoms with Crippen LogP contribution in [0, 0.1) is 5.82 Å². The van der Waals surface area contributed by atoms with Crippen LogP contribution in [0.1, 0.15) is 5.82 Å². The van der Waals surface area contributed by atoms with Crippen LogP contribution in [0.5, 0.6) is 0 Å². The van der Waals surface area contributed by atoms with Crippen molar-refractivity contribution < 1.29 is 14.0 Å². The van der Waals surface area contributed by atoms with Crippen LogP contribution in [0.2, 0.25) is 0 Å². The van der Waals surface area contributed by atoms with Gasteiger partial charge in [0.05, 0.1) is 30.2 Å². The molecule has 29 heavy (non-hydrogen) atoms. The Bertz CT molecular complexity index is 1040. The predicted octanol–water partition coefficient (Wildman–Crippen LogP) is 0.982. The summed E-state index contributed by atoms with van der Waals surface area (Å²) in [6, 6.07) is 11.0. The Hall–Kier alpha value is -3.59. The Kier molecular flexibility index (Phi) is 5.30. The molecule has 1 aliphatic heterocycles. The van der Waals surface area contributed by atoms with E-state index in [1.165, 1.54) is 12.1 Å². The van der Waals surface area contributed by atoms with Crippen molar-refractivity contribution in [2.24, 2.45) is 0 Å². The number of piperazine rings is 1. The zero-order chi connectivity index (χ0) is 20.2. The third-order valence-electron chi connectivity index (χ3n) is 4.49. The fraction of sp³-hybridized carbons (Fsp3) is 0.200. The molecule has 0 aliphatic carbocycles. The molecular formula is C20H19FN6O2. The second-order valence-corrected chi connectivity index (χ2v) is 6.60. The number of benzene rings is 1. The van der Waals surface area contributed by atoms with E-state index < -0.39 is 6.04 Å². The smallest absolute Gasteiger partial charge is 0.244 e. The summed E-state index contributed by atoms with van der Waals surface area (Å²) < 4.78 is 13.7. The zero-order valence-corrected chi connectivity index (χ0v) is 15.4. The lowest BCUT2D eigenvalue weighted by atomic mass is 10.1. The molecule has 2 aromatic heterocycles. The van der Waals surface area contributed by atoms with E-state index in [1.54, 1.807) is 24.4 Å². The molecule has 0 saturated carbocycles. The highest BCUT2D eigenvalue weighted by Gasteiger charge is 2.24. The number of H-pyrrole nitrogens is 1. The monoisotopic (exact) mass is 394 g/mol. The highest BCUT2D eigenvalue weighted by molar-refractivity contribution is 5.89. The molecule has 1 saturated heterocycles. The molecule has 1 aliphatic rings. The van der Waals surface area contributed by atoms with Gasteiger partial charge in [-0.05, 0) is 24.3 Å². The van der Waals surface area contributed by atoms with Gasteiger partial charge < -0.3 is 20.9 Å². The predicted molar refractivity (Wildman–Crippen MR) is 104 cm³/mol. The van der Waals surface area contributed by atoms with Crippen LogP contribution >= 0.6 is 0 Å². The number of carbonyl (C=O) groups excluding carboxylic acids is 2. The lowest BCUT2D eigenvalue weighted by molar-refractivity contribution is -0.130. The number of rotatable bonds is 5. The molecule has 4 rings (SSSR count). The van der Waals surface area contributed by atoms with Crippen LogP contribution in [0.4, 0.5) is 4.39 Å². The maximum Gasteiger partial charge on any atom is 0.244 e. The first-order valence-electron chi connectivity index (χ1n) is 9.14. The Labute approximate surface area is 166 Å². The summed E-state index contributed by atoms with van der Waals surface area (Å²) in [6.07, 6.45) is 1.66. The van der Waals surface area contributed by atoms with Crippen LogP contribution in [0.15, 0.2) is 48.7 Å². The van der Waals surface area contributed by atoms with E-state index in [1.807, 2.05) is 12.1 Å². The minimum Gasteiger partial charge on any atom is -0.347 e. The Morgan fingerprint density at radius 2 is 2.14 bits per heavy atom. The maximum atomic E-state index is 13.7. The van der Waals surface area contributed by atoms with Gasteiger partial charge in [-0.25, -0.2) is 9.37 Å². The van der Waals surface area contributed by atoms with Crippen molar-refractivity contribution >= 4 is 11.8 Å². The van der Waals surface area contributed by atoms with Gasteiger partial charge in [0.25, 0.3) is 0 Å². The van der Waals surface area contributed by atoms with E-state index in [-0.39, 0.29) is 30.7 Å². The molecule has 0 radical (unpaired) electrons. The fourth-order valence-corrected chi connectivity index (χ4v) is 3.13. The molecule has 148 valence electrons. The first-order chi connectivity index (χ1) is 14.1. The number of hydrogen-bond donors (Lipinski definition) is 4. The van der Waals surface area contributed by atoms with E-state index in [0.29, 0.717) is 35.0 Å². The number of halogens is 1. The van der Waals surface area contributed by atoms with Crippen molar-refractivity contribution in [3.63, 3.8) is 0 Å². The minimum atomic E-state index is -0.635. The first kappa shape index (κ1) is 18.8. The summed E-state index contributed by atoms with van der Waals surface area (Å²) in [4.78, 5) is 35.8. The molecule has 8 nitrogen and oxygen atoms in total. The number of aromatic nitrogens is 3. The van der Waals surface area contributed by atoms with Crippen molar-refractivity contribution in [2.45, 2.75) is 12.6 Å². The van der Waals surface area contributed by atoms with Crippen LogP contribution < -0.4 is 16.0 Å². The fourth-order valence-electron chi connectivity index (χ4n) is 3.13. The molecule has 0 spiro atoms. The molecule has 2 amide bonds. The maximum absolute atomic E-state index is 13.7. The quantitative estimate of drug-likeness (QED) is 0.516. The number of nitrogens with zero attached hydrogens (tertiary/aromatic N) is 2. The normalized spacial score (nSPS) is 16.3. The van der Waals surface area contributed by atoms with E-state index in [4.69, 9.17) is 0 Å². The molecule has 4 N–H and O–H groups in total. The van der Waals surface area contributed by atoms with Crippen molar-refractivity contribution in [1.29, 1.82) is 0 Å². The second-order valence-electron chi connectivity index (χ2n) is 6.60. The number of hydrogen-bond acceptors (Lipinski definition) is 5. The van der Waals surface area contributed by atoms with E-state index in [0.717, 1.165) is 0 Å². The highest BCUT2D eigenvalue weighted by Crippen LogP contribution is 2.29. The molecule has 1 aromatic carbocycles. The zero-order valence-electron chi connectivity index (χ0n) is 15.4. The van der Waals surface area contributed by atoms with Gasteiger partial charge in [0, 0.05) is 18.3 Å². The molecule has 0 bridgehead atoms. The standard InChI is InChI=1S/C20H19FN6O2/c21-13-5-3-4-12(8-13)18-19(14-6-1-2-7-23-14)27-16(26-18)10-24-20(29)15-9-22-11-17(28)25-15/h1-8,15,22H,9-11H2,(H,24,29)(H,25,28)(H,26,27)/t15-/m0/s1. The number of carbonyl (C=O) groups is 2. The number of imidazole rings is 1. The third kappa shape index (κ3) is 4.30. The molecule has 1 atom stereocenters. The van der Waals surface area contributed by atoms with Crippen molar-refractivity contribution in [1.82, 2.24) is 30.9 Å². The lowest BCUT2D eigenvalue weighted by Crippen LogP contribution is -2.58. The summed E-state index contributed by atoms with van der Waals surface area (Å²) in [7, 11) is 0. The summed E-state index contributed by atoms with van der Waals surface area (Å²) in [5.74, 6) is -0.407. The van der Waals surface area contributed by atoms with Crippen LogP contribution in [0.25, 0.3) is 22.6 Å². The van der Waals surface area contributed by atoms with E-state index >= 15 is 0 Å². The molecular weight excluding hydrogens is 375 g/mol. The van der Waals surface area contributed by atoms with Crippen LogP contribution in [-0.2, 0) is 16.1 Å². The largest absolute Gasteiger partial charge is 0.347 e. The SMILES string of the molecule is O=C1CNC[C@@H](C(=O)NCc2nc(-c3cccc(F)c3)c(-c3ccccn3)[nH]2)N1. The summed E-state index contributed by atoms with van der Waals surface area (Å²) >= 11 is 0. The molecule has 9 heteroatoms. The van der Waals surface area contributed by atoms with Crippen molar-refractivity contribution in [2.75, 3.05) is 13.1 Å². The van der Waals surface area contributed by atoms with Gasteiger partial charge in [-0.2, -0.15) is 0 Å². The molecule has 1 fully saturated rings. The Balaban J connectivity index is 1.58. The van der Waals surface area contributed by atoms with Gasteiger partial charge in [0.15, 0.2) is 0 Å². The van der Waals surface area contributed by atoms with Gasteiger partial charge in [-0.15, -0.1) is 0 Å². The number of pyridine rings is 1. The Morgan fingerprint density at radius 3 is 2.90 bits per heavy atom. The molecule has 3 heterocycles. The summed E-state index contributed by atoms with van der Waals surface area (Å²) in [6.45, 7) is 0.691. The van der Waals surface area contributed by atoms with E-state index in [9.17, 15) is 14.0 Å². The second kappa shape index (κ2) is 8.19. The summed E-state index contributed by atoms with van der Waals surface area (Å²) in [5, 5.41) is 8.28. The van der Waals surface area contributed by atoms with Gasteiger partial charge in [0.2, 0.25) is 11.8 Å². The van der Waals surface area contributed by atoms with Crippen LogP contribution in [0.3, 0.4) is 0 Å². The topological polar surface area (TPSA) is 112 Å². The highest BCUT2D eigenvalue weighted by atomic mass is 19.1. The van der Waals surface area contributed by atoms with Crippen LogP contribution in [-0.4, -0.2) is 45.9 Å². The molecule has 0 unspecified atom stereocenters. The Morgan fingerprint density at radius 1 is 1.24 bits per heavy atom. The average molecular weight is 394 g/mol. The van der Waals surface area contributed by atoms with Gasteiger partial charge in [0.1, 0.15) is 17.7 Å². The van der Waals surface area contributed by atoms with Gasteiger partial charge >= 0.3 is 0 Å². The van der Waals surface area contributed by atoms with Gasteiger partial charge in [-0.1, -0.05) is 18.2 Å². The number of aromatic amines is 1. The first-order valence-corrected chi connectivity index (χ1v) is 9.14.